The predicted molar refractivity (Wildman–Crippen MR) is 110 cm³/mol. The van der Waals surface area contributed by atoms with Gasteiger partial charge in [0, 0.05) is 26.3 Å². The van der Waals surface area contributed by atoms with Crippen molar-refractivity contribution in [2.24, 2.45) is 0 Å². The lowest BCUT2D eigenvalue weighted by molar-refractivity contribution is -0.115. The highest BCUT2D eigenvalue weighted by Gasteiger charge is 2.09. The molecule has 0 saturated carbocycles. The molecule has 1 amide bonds. The Hall–Kier alpha value is -1.34. The number of hydrogen-bond acceptors (Lipinski definition) is 4. The predicted octanol–water partition coefficient (Wildman–Crippen LogP) is 6.03. The SMILES string of the molecule is O=C(Cc1csc(SCc2ccc(Cl)cc2)n1)Nc1cccc(Br)c1. The molecule has 0 radical (unpaired) electrons. The summed E-state index contributed by atoms with van der Waals surface area (Å²) in [5.41, 5.74) is 2.75. The second-order valence-corrected chi connectivity index (χ2v) is 8.69. The Morgan fingerprint density at radius 2 is 2.04 bits per heavy atom. The Bertz CT molecular complexity index is 868. The maximum Gasteiger partial charge on any atom is 0.230 e. The van der Waals surface area contributed by atoms with Crippen LogP contribution in [0.5, 0.6) is 0 Å². The van der Waals surface area contributed by atoms with Gasteiger partial charge >= 0.3 is 0 Å². The van der Waals surface area contributed by atoms with Crippen LogP contribution in [0.1, 0.15) is 11.3 Å². The first kappa shape index (κ1) is 18.5. The number of amides is 1. The van der Waals surface area contributed by atoms with Gasteiger partial charge in [0.1, 0.15) is 4.34 Å². The van der Waals surface area contributed by atoms with Crippen LogP contribution in [0.4, 0.5) is 5.69 Å². The van der Waals surface area contributed by atoms with Crippen molar-refractivity contribution in [3.05, 3.63) is 74.7 Å². The summed E-state index contributed by atoms with van der Waals surface area (Å²) in [6, 6.07) is 15.3. The van der Waals surface area contributed by atoms with Crippen molar-refractivity contribution in [2.75, 3.05) is 5.32 Å². The summed E-state index contributed by atoms with van der Waals surface area (Å²) in [5.74, 6) is 0.756. The molecule has 3 rings (SSSR count). The minimum absolute atomic E-state index is 0.0716. The van der Waals surface area contributed by atoms with Gasteiger partial charge in [-0.25, -0.2) is 4.98 Å². The first-order valence-corrected chi connectivity index (χ1v) is 10.5. The number of carbonyl (C=O) groups excluding carboxylic acids is 1. The molecule has 0 spiro atoms. The molecule has 7 heteroatoms. The second-order valence-electron chi connectivity index (χ2n) is 5.26. The summed E-state index contributed by atoms with van der Waals surface area (Å²) < 4.78 is 1.89. The van der Waals surface area contributed by atoms with E-state index in [9.17, 15) is 4.79 Å². The molecule has 3 aromatic rings. The molecule has 2 aromatic carbocycles. The number of rotatable bonds is 6. The fourth-order valence-corrected chi connectivity index (χ4v) is 4.42. The van der Waals surface area contributed by atoms with Gasteiger partial charge in [-0.3, -0.25) is 4.79 Å². The molecule has 0 bridgehead atoms. The quantitative estimate of drug-likeness (QED) is 0.463. The average Bonchev–Trinajstić information content (AvgIpc) is 3.01. The van der Waals surface area contributed by atoms with Gasteiger partial charge in [0.2, 0.25) is 5.91 Å². The topological polar surface area (TPSA) is 42.0 Å². The Morgan fingerprint density at radius 1 is 1.24 bits per heavy atom. The van der Waals surface area contributed by atoms with Gasteiger partial charge in [-0.1, -0.05) is 57.5 Å². The third-order valence-corrected chi connectivity index (χ3v) is 6.14. The highest BCUT2D eigenvalue weighted by Crippen LogP contribution is 2.27. The molecule has 0 fully saturated rings. The zero-order chi connectivity index (χ0) is 17.6. The molecular formula is C18H14BrClN2OS2. The highest BCUT2D eigenvalue weighted by atomic mass is 79.9. The number of thioether (sulfide) groups is 1. The molecule has 25 heavy (non-hydrogen) atoms. The Labute approximate surface area is 168 Å². The normalized spacial score (nSPS) is 10.6. The van der Waals surface area contributed by atoms with Crippen LogP contribution in [0, 0.1) is 0 Å². The number of nitrogens with one attached hydrogen (secondary N) is 1. The van der Waals surface area contributed by atoms with Crippen molar-refractivity contribution in [1.29, 1.82) is 0 Å². The largest absolute Gasteiger partial charge is 0.326 e. The number of hydrogen-bond donors (Lipinski definition) is 1. The second kappa shape index (κ2) is 8.85. The molecule has 1 aromatic heterocycles. The molecule has 0 aliphatic heterocycles. The Balaban J connectivity index is 1.52. The molecule has 0 saturated heterocycles. The van der Waals surface area contributed by atoms with E-state index in [0.29, 0.717) is 0 Å². The van der Waals surface area contributed by atoms with Crippen LogP contribution in [0.15, 0.2) is 62.7 Å². The van der Waals surface area contributed by atoms with Gasteiger partial charge in [-0.05, 0) is 35.9 Å². The lowest BCUT2D eigenvalue weighted by Crippen LogP contribution is -2.14. The van der Waals surface area contributed by atoms with Gasteiger partial charge in [-0.15, -0.1) is 11.3 Å². The number of aromatic nitrogens is 1. The van der Waals surface area contributed by atoms with Gasteiger partial charge in [0.25, 0.3) is 0 Å². The zero-order valence-corrected chi connectivity index (χ0v) is 17.0. The lowest BCUT2D eigenvalue weighted by atomic mass is 10.2. The maximum atomic E-state index is 12.1. The van der Waals surface area contributed by atoms with Crippen LogP contribution in [0.3, 0.4) is 0 Å². The van der Waals surface area contributed by atoms with Crippen molar-refractivity contribution in [1.82, 2.24) is 4.98 Å². The van der Waals surface area contributed by atoms with Crippen molar-refractivity contribution in [2.45, 2.75) is 16.5 Å². The van der Waals surface area contributed by atoms with E-state index in [0.717, 1.165) is 31.0 Å². The summed E-state index contributed by atoms with van der Waals surface area (Å²) in [6.07, 6.45) is 0.268. The van der Waals surface area contributed by atoms with E-state index in [-0.39, 0.29) is 12.3 Å². The standard InChI is InChI=1S/C18H14BrClN2OS2/c19-13-2-1-3-15(8-13)21-17(23)9-16-11-25-18(22-16)24-10-12-4-6-14(20)7-5-12/h1-8,11H,9-10H2,(H,21,23). The molecule has 0 aliphatic carbocycles. The number of carbonyl (C=O) groups is 1. The summed E-state index contributed by atoms with van der Waals surface area (Å²) in [6.45, 7) is 0. The number of halogens is 2. The van der Waals surface area contributed by atoms with Crippen molar-refractivity contribution < 1.29 is 4.79 Å². The lowest BCUT2D eigenvalue weighted by Gasteiger charge is -2.04. The van der Waals surface area contributed by atoms with E-state index >= 15 is 0 Å². The van der Waals surface area contributed by atoms with Gasteiger partial charge in [0.15, 0.2) is 0 Å². The van der Waals surface area contributed by atoms with Gasteiger partial charge in [0.05, 0.1) is 12.1 Å². The van der Waals surface area contributed by atoms with E-state index in [4.69, 9.17) is 11.6 Å². The van der Waals surface area contributed by atoms with E-state index < -0.39 is 0 Å². The Morgan fingerprint density at radius 3 is 2.80 bits per heavy atom. The Kier molecular flexibility index (Phi) is 6.53. The molecule has 0 unspecified atom stereocenters. The summed E-state index contributed by atoms with van der Waals surface area (Å²) in [5, 5.41) is 5.55. The first-order chi connectivity index (χ1) is 12.1. The van der Waals surface area contributed by atoms with Crippen LogP contribution in [-0.2, 0) is 17.0 Å². The minimum Gasteiger partial charge on any atom is -0.326 e. The molecule has 0 aliphatic rings. The van der Waals surface area contributed by atoms with Crippen molar-refractivity contribution >= 4 is 62.2 Å². The van der Waals surface area contributed by atoms with Crippen molar-refractivity contribution in [3.8, 4) is 0 Å². The van der Waals surface area contributed by atoms with E-state index in [1.54, 1.807) is 23.1 Å². The van der Waals surface area contributed by atoms with Crippen molar-refractivity contribution in [3.63, 3.8) is 0 Å². The van der Waals surface area contributed by atoms with Crippen LogP contribution < -0.4 is 5.32 Å². The van der Waals surface area contributed by atoms with E-state index in [1.807, 2.05) is 53.9 Å². The molecule has 128 valence electrons. The molecule has 1 N–H and O–H groups in total. The molecule has 1 heterocycles. The van der Waals surface area contributed by atoms with Crippen LogP contribution >= 0.6 is 50.6 Å². The maximum absolute atomic E-state index is 12.1. The minimum atomic E-state index is -0.0716. The first-order valence-electron chi connectivity index (χ1n) is 7.45. The summed E-state index contributed by atoms with van der Waals surface area (Å²) in [7, 11) is 0. The van der Waals surface area contributed by atoms with E-state index in [1.165, 1.54) is 5.56 Å². The monoisotopic (exact) mass is 452 g/mol. The fraction of sp³-hybridized carbons (Fsp3) is 0.111. The fourth-order valence-electron chi connectivity index (χ4n) is 2.10. The third-order valence-electron chi connectivity index (χ3n) is 3.26. The van der Waals surface area contributed by atoms with Gasteiger partial charge < -0.3 is 5.32 Å². The highest BCUT2D eigenvalue weighted by molar-refractivity contribution is 9.10. The third kappa shape index (κ3) is 5.85. The summed E-state index contributed by atoms with van der Waals surface area (Å²) >= 11 is 12.5. The van der Waals surface area contributed by atoms with Gasteiger partial charge in [-0.2, -0.15) is 0 Å². The van der Waals surface area contributed by atoms with E-state index in [2.05, 4.69) is 26.2 Å². The number of benzene rings is 2. The van der Waals surface area contributed by atoms with Crippen LogP contribution in [0.2, 0.25) is 5.02 Å². The summed E-state index contributed by atoms with van der Waals surface area (Å²) in [4.78, 5) is 16.7. The molecule has 3 nitrogen and oxygen atoms in total. The number of nitrogens with zero attached hydrogens (tertiary/aromatic N) is 1. The zero-order valence-electron chi connectivity index (χ0n) is 13.0. The average molecular weight is 454 g/mol. The smallest absolute Gasteiger partial charge is 0.230 e. The number of anilines is 1. The molecular weight excluding hydrogens is 440 g/mol. The number of thiazole rings is 1. The van der Waals surface area contributed by atoms with Crippen LogP contribution in [-0.4, -0.2) is 10.9 Å². The molecule has 0 atom stereocenters. The van der Waals surface area contributed by atoms with Crippen LogP contribution in [0.25, 0.3) is 0 Å².